The highest BCUT2D eigenvalue weighted by Crippen LogP contribution is 2.12. The zero-order chi connectivity index (χ0) is 14.0. The van der Waals surface area contributed by atoms with E-state index in [1.165, 1.54) is 0 Å². The van der Waals surface area contributed by atoms with Gasteiger partial charge in [-0.05, 0) is 26.3 Å². The van der Waals surface area contributed by atoms with Crippen LogP contribution >= 0.6 is 24.8 Å². The lowest BCUT2D eigenvalue weighted by atomic mass is 10.0. The van der Waals surface area contributed by atoms with Gasteiger partial charge in [0.15, 0.2) is 0 Å². The molecule has 1 fully saturated rings. The van der Waals surface area contributed by atoms with E-state index in [4.69, 9.17) is 10.5 Å². The van der Waals surface area contributed by atoms with Gasteiger partial charge in [0.1, 0.15) is 0 Å². The lowest BCUT2D eigenvalue weighted by molar-refractivity contribution is -0.143. The molecule has 122 valence electrons. The zero-order valence-corrected chi connectivity index (χ0v) is 14.2. The van der Waals surface area contributed by atoms with Crippen molar-refractivity contribution in [1.29, 1.82) is 0 Å². The summed E-state index contributed by atoms with van der Waals surface area (Å²) in [6, 6.07) is 0. The maximum absolute atomic E-state index is 12.1. The number of nitrogens with two attached hydrogens (primary N) is 1. The van der Waals surface area contributed by atoms with Crippen LogP contribution in [0.2, 0.25) is 0 Å². The first kappa shape index (κ1) is 20.2. The highest BCUT2D eigenvalue weighted by molar-refractivity contribution is 5.86. The SMILES string of the molecule is Cc1cnn(CC2CN(C(=O)C(C)(C)N)CCO2)c1.Cl.Cl. The summed E-state index contributed by atoms with van der Waals surface area (Å²) in [6.45, 7) is 7.84. The molecule has 0 saturated carbocycles. The van der Waals surface area contributed by atoms with Gasteiger partial charge in [-0.25, -0.2) is 0 Å². The summed E-state index contributed by atoms with van der Waals surface area (Å²) >= 11 is 0. The topological polar surface area (TPSA) is 73.4 Å². The van der Waals surface area contributed by atoms with Crippen LogP contribution in [-0.2, 0) is 16.1 Å². The molecular formula is C13H24Cl2N4O2. The summed E-state index contributed by atoms with van der Waals surface area (Å²) in [4.78, 5) is 13.9. The van der Waals surface area contributed by atoms with E-state index in [1.807, 2.05) is 24.0 Å². The maximum atomic E-state index is 12.1. The molecule has 1 aliphatic rings. The van der Waals surface area contributed by atoms with Crippen molar-refractivity contribution in [3.8, 4) is 0 Å². The van der Waals surface area contributed by atoms with Gasteiger partial charge >= 0.3 is 0 Å². The molecule has 21 heavy (non-hydrogen) atoms. The van der Waals surface area contributed by atoms with Crippen molar-refractivity contribution in [3.63, 3.8) is 0 Å². The number of ether oxygens (including phenoxy) is 1. The Labute approximate surface area is 137 Å². The number of hydrogen-bond acceptors (Lipinski definition) is 4. The molecule has 2 heterocycles. The summed E-state index contributed by atoms with van der Waals surface area (Å²) in [6.07, 6.45) is 3.76. The first-order chi connectivity index (χ1) is 8.86. The molecule has 1 aromatic rings. The number of amides is 1. The number of carbonyl (C=O) groups excluding carboxylic acids is 1. The van der Waals surface area contributed by atoms with E-state index in [-0.39, 0.29) is 36.8 Å². The molecule has 1 aromatic heterocycles. The summed E-state index contributed by atoms with van der Waals surface area (Å²) in [5, 5.41) is 4.24. The average Bonchev–Trinajstić information content (AvgIpc) is 2.73. The third-order valence-electron chi connectivity index (χ3n) is 3.13. The van der Waals surface area contributed by atoms with E-state index in [0.29, 0.717) is 26.2 Å². The second-order valence-electron chi connectivity index (χ2n) is 5.71. The van der Waals surface area contributed by atoms with E-state index in [2.05, 4.69) is 5.10 Å². The molecule has 0 aromatic carbocycles. The molecule has 0 bridgehead atoms. The van der Waals surface area contributed by atoms with Crippen LogP contribution in [0.15, 0.2) is 12.4 Å². The van der Waals surface area contributed by atoms with Crippen molar-refractivity contribution >= 4 is 30.7 Å². The number of rotatable bonds is 3. The molecule has 2 rings (SSSR count). The Morgan fingerprint density at radius 1 is 1.52 bits per heavy atom. The van der Waals surface area contributed by atoms with Crippen LogP contribution in [0, 0.1) is 6.92 Å². The number of aryl methyl sites for hydroxylation is 1. The van der Waals surface area contributed by atoms with Gasteiger partial charge in [0, 0.05) is 19.3 Å². The molecular weight excluding hydrogens is 315 g/mol. The largest absolute Gasteiger partial charge is 0.373 e. The maximum Gasteiger partial charge on any atom is 0.242 e. The zero-order valence-electron chi connectivity index (χ0n) is 12.6. The summed E-state index contributed by atoms with van der Waals surface area (Å²) in [5.74, 6) is -0.0301. The second-order valence-corrected chi connectivity index (χ2v) is 5.71. The van der Waals surface area contributed by atoms with E-state index < -0.39 is 5.54 Å². The van der Waals surface area contributed by atoms with Crippen molar-refractivity contribution in [3.05, 3.63) is 18.0 Å². The van der Waals surface area contributed by atoms with Gasteiger partial charge in [0.2, 0.25) is 5.91 Å². The van der Waals surface area contributed by atoms with Crippen LogP contribution in [0.1, 0.15) is 19.4 Å². The smallest absolute Gasteiger partial charge is 0.242 e. The molecule has 1 unspecified atom stereocenters. The normalized spacial score (nSPS) is 18.7. The van der Waals surface area contributed by atoms with E-state index >= 15 is 0 Å². The lowest BCUT2D eigenvalue weighted by Gasteiger charge is -2.36. The molecule has 1 amide bonds. The van der Waals surface area contributed by atoms with Crippen LogP contribution in [0.5, 0.6) is 0 Å². The number of carbonyl (C=O) groups is 1. The molecule has 0 aliphatic carbocycles. The van der Waals surface area contributed by atoms with Crippen LogP contribution in [0.4, 0.5) is 0 Å². The highest BCUT2D eigenvalue weighted by atomic mass is 35.5. The van der Waals surface area contributed by atoms with Crippen molar-refractivity contribution < 1.29 is 9.53 Å². The van der Waals surface area contributed by atoms with Crippen molar-refractivity contribution in [2.75, 3.05) is 19.7 Å². The minimum atomic E-state index is -0.829. The number of aromatic nitrogens is 2. The standard InChI is InChI=1S/C13H22N4O2.2ClH/c1-10-6-15-17(7-10)9-11-8-16(4-5-19-11)12(18)13(2,3)14;;/h6-7,11H,4-5,8-9,14H2,1-3H3;2*1H. The van der Waals surface area contributed by atoms with Gasteiger partial charge in [0.05, 0.1) is 31.0 Å². The lowest BCUT2D eigenvalue weighted by Crippen LogP contribution is -2.56. The highest BCUT2D eigenvalue weighted by Gasteiger charge is 2.31. The Morgan fingerprint density at radius 2 is 2.19 bits per heavy atom. The fraction of sp³-hybridized carbons (Fsp3) is 0.692. The van der Waals surface area contributed by atoms with Crippen LogP contribution in [0.3, 0.4) is 0 Å². The third-order valence-corrected chi connectivity index (χ3v) is 3.13. The fourth-order valence-corrected chi connectivity index (χ4v) is 2.20. The minimum Gasteiger partial charge on any atom is -0.373 e. The van der Waals surface area contributed by atoms with Gasteiger partial charge in [-0.15, -0.1) is 24.8 Å². The molecule has 2 N–H and O–H groups in total. The predicted octanol–water partition coefficient (Wildman–Crippen LogP) is 1.000. The first-order valence-electron chi connectivity index (χ1n) is 6.55. The summed E-state index contributed by atoms with van der Waals surface area (Å²) in [7, 11) is 0. The average molecular weight is 339 g/mol. The van der Waals surface area contributed by atoms with Gasteiger partial charge in [-0.2, -0.15) is 5.10 Å². The monoisotopic (exact) mass is 338 g/mol. The second kappa shape index (κ2) is 7.98. The van der Waals surface area contributed by atoms with Gasteiger partial charge in [0.25, 0.3) is 0 Å². The molecule has 0 radical (unpaired) electrons. The molecule has 8 heteroatoms. The van der Waals surface area contributed by atoms with Crippen LogP contribution in [0.25, 0.3) is 0 Å². The van der Waals surface area contributed by atoms with Gasteiger partial charge < -0.3 is 15.4 Å². The number of nitrogens with zero attached hydrogens (tertiary/aromatic N) is 3. The predicted molar refractivity (Wildman–Crippen MR) is 86.0 cm³/mol. The number of morpholine rings is 1. The quantitative estimate of drug-likeness (QED) is 0.892. The van der Waals surface area contributed by atoms with Gasteiger partial charge in [-0.1, -0.05) is 0 Å². The van der Waals surface area contributed by atoms with Gasteiger partial charge in [-0.3, -0.25) is 9.48 Å². The Bertz CT molecular complexity index is 459. The molecule has 6 nitrogen and oxygen atoms in total. The fourth-order valence-electron chi connectivity index (χ4n) is 2.20. The third kappa shape index (κ3) is 5.47. The first-order valence-corrected chi connectivity index (χ1v) is 6.55. The van der Waals surface area contributed by atoms with E-state index in [1.54, 1.807) is 18.7 Å². The van der Waals surface area contributed by atoms with Crippen LogP contribution in [-0.4, -0.2) is 51.9 Å². The molecule has 0 spiro atoms. The summed E-state index contributed by atoms with van der Waals surface area (Å²) < 4.78 is 7.54. The molecule has 1 atom stereocenters. The Balaban J connectivity index is 0.00000200. The van der Waals surface area contributed by atoms with Crippen molar-refractivity contribution in [2.24, 2.45) is 5.73 Å². The number of halogens is 2. The summed E-state index contributed by atoms with van der Waals surface area (Å²) in [5.41, 5.74) is 6.15. The minimum absolute atomic E-state index is 0. The van der Waals surface area contributed by atoms with Crippen molar-refractivity contribution in [2.45, 2.75) is 39.0 Å². The van der Waals surface area contributed by atoms with Crippen molar-refractivity contribution in [1.82, 2.24) is 14.7 Å². The Morgan fingerprint density at radius 3 is 2.71 bits per heavy atom. The van der Waals surface area contributed by atoms with E-state index in [0.717, 1.165) is 5.56 Å². The molecule has 1 aliphatic heterocycles. The van der Waals surface area contributed by atoms with Crippen LogP contribution < -0.4 is 5.73 Å². The molecule has 1 saturated heterocycles. The van der Waals surface area contributed by atoms with E-state index in [9.17, 15) is 4.79 Å². The Hall–Kier alpha value is -0.820. The Kier molecular flexibility index (Phi) is 7.67. The number of hydrogen-bond donors (Lipinski definition) is 1.